The van der Waals surface area contributed by atoms with Crippen LogP contribution in [0.3, 0.4) is 0 Å². The molecule has 0 saturated carbocycles. The molecule has 4 aromatic rings. The highest BCUT2D eigenvalue weighted by molar-refractivity contribution is 7.89. The van der Waals surface area contributed by atoms with Gasteiger partial charge in [0, 0.05) is 53.2 Å². The first-order valence-corrected chi connectivity index (χ1v) is 25.4. The van der Waals surface area contributed by atoms with E-state index in [0.717, 1.165) is 45.3 Å². The number of allylic oxidation sites excluding steroid dienone is 6. The van der Waals surface area contributed by atoms with Crippen LogP contribution in [0.5, 0.6) is 0 Å². The minimum atomic E-state index is -4.06. The summed E-state index contributed by atoms with van der Waals surface area (Å²) in [5.41, 5.74) is 7.96. The Bertz CT molecular complexity index is 3140. The van der Waals surface area contributed by atoms with E-state index in [0.29, 0.717) is 54.3 Å². The van der Waals surface area contributed by atoms with E-state index in [1.165, 1.54) is 35.3 Å². The van der Waals surface area contributed by atoms with Gasteiger partial charge in [-0.1, -0.05) is 82.6 Å². The summed E-state index contributed by atoms with van der Waals surface area (Å²) in [4.78, 5) is 32.4. The molecule has 0 atom stereocenters. The lowest BCUT2D eigenvalue weighted by molar-refractivity contribution is -0.115. The van der Waals surface area contributed by atoms with Crippen molar-refractivity contribution < 1.29 is 26.4 Å². The molecule has 0 saturated heterocycles. The van der Waals surface area contributed by atoms with Crippen LogP contribution in [0, 0.1) is 0 Å². The molecular formula is C50H53ClN8O6S2. The zero-order chi connectivity index (χ0) is 48.2. The fourth-order valence-corrected chi connectivity index (χ4v) is 11.0. The van der Waals surface area contributed by atoms with Gasteiger partial charge in [0.15, 0.2) is 0 Å². The van der Waals surface area contributed by atoms with E-state index in [4.69, 9.17) is 16.7 Å². The van der Waals surface area contributed by atoms with Crippen LogP contribution in [0.15, 0.2) is 158 Å². The quantitative estimate of drug-likeness (QED) is 0.125. The van der Waals surface area contributed by atoms with E-state index in [9.17, 15) is 26.4 Å². The maximum Gasteiger partial charge on any atom is 0.280 e. The molecule has 0 aromatic heterocycles. The van der Waals surface area contributed by atoms with Crippen molar-refractivity contribution in [3.63, 3.8) is 0 Å². The topological polar surface area (TPSA) is 178 Å². The predicted octanol–water partition coefficient (Wildman–Crippen LogP) is 8.43. The fraction of sp³-hybridized carbons (Fsp3) is 0.280. The number of nitrogens with one attached hydrogen (secondary N) is 1. The summed E-state index contributed by atoms with van der Waals surface area (Å²) in [5.74, 6) is -0.768. The normalized spacial score (nSPS) is 20.2. The first-order chi connectivity index (χ1) is 31.7. The maximum atomic E-state index is 13.9. The van der Waals surface area contributed by atoms with Crippen molar-refractivity contribution in [2.75, 3.05) is 39.5 Å². The average Bonchev–Trinajstić information content (AvgIpc) is 3.89. The summed E-state index contributed by atoms with van der Waals surface area (Å²) >= 11 is 6.45. The van der Waals surface area contributed by atoms with Gasteiger partial charge in [-0.15, -0.1) is 0 Å². The van der Waals surface area contributed by atoms with Crippen LogP contribution in [0.2, 0.25) is 5.02 Å². The molecule has 4 heterocycles. The van der Waals surface area contributed by atoms with E-state index in [2.05, 4.69) is 76.7 Å². The van der Waals surface area contributed by atoms with Gasteiger partial charge in [-0.25, -0.2) is 26.7 Å². The molecule has 3 N–H and O–H groups in total. The molecule has 0 spiro atoms. The highest BCUT2D eigenvalue weighted by Gasteiger charge is 2.42. The van der Waals surface area contributed by atoms with Gasteiger partial charge in [-0.3, -0.25) is 9.59 Å². The number of carbonyl (C=O) groups excluding carboxylic acids is 2. The Morgan fingerprint density at radius 2 is 1.13 bits per heavy atom. The lowest BCUT2D eigenvalue weighted by atomic mass is 9.83. The molecule has 4 aliphatic rings. The Morgan fingerprint density at radius 3 is 1.64 bits per heavy atom. The number of hydrogen-bond acceptors (Lipinski definition) is 10. The van der Waals surface area contributed by atoms with Gasteiger partial charge in [0.1, 0.15) is 0 Å². The van der Waals surface area contributed by atoms with E-state index >= 15 is 0 Å². The summed E-state index contributed by atoms with van der Waals surface area (Å²) < 4.78 is 52.2. The Morgan fingerprint density at radius 1 is 0.657 bits per heavy atom. The minimum Gasteiger partial charge on any atom is -0.344 e. The number of nitrogens with zero attached hydrogens (tertiary/aromatic N) is 6. The number of halogens is 1. The third-order valence-corrected chi connectivity index (χ3v) is 15.4. The van der Waals surface area contributed by atoms with Gasteiger partial charge in [-0.2, -0.15) is 20.2 Å². The molecule has 0 bridgehead atoms. The van der Waals surface area contributed by atoms with Crippen LogP contribution < -0.4 is 29.7 Å². The summed E-state index contributed by atoms with van der Waals surface area (Å²) in [7, 11) is -7.73. The zero-order valence-electron chi connectivity index (χ0n) is 38.4. The number of nitrogens with two attached hydrogens (primary N) is 1. The largest absolute Gasteiger partial charge is 0.344 e. The first-order valence-electron chi connectivity index (χ1n) is 22.0. The van der Waals surface area contributed by atoms with Gasteiger partial charge in [-0.05, 0) is 117 Å². The van der Waals surface area contributed by atoms with Gasteiger partial charge in [0.25, 0.3) is 11.8 Å². The standard InChI is InChI=1S/C50H53ClN8O6S2/c1-8-28-53-67(64,65)35-20-18-34(19-21-35)58-47(60)37(32(2)54-58)23-26-45-49(4,5)39-14-9-11-16-42(39)56(45)29-13-30-57-43-17-12-10-15-40(43)50(6,7)46(57)27-24-38-33(3)55-59(48(38)61)44-31-36(66(52,62)63)22-25-41(44)51/h9-12,14-27,31,53H,8,13,28-30H2,1-7H3,(H2,52,62,63)/b37-23-,38-24-,45-26+,46-27+. The molecule has 0 radical (unpaired) electrons. The van der Waals surface area contributed by atoms with Gasteiger partial charge in [0.2, 0.25) is 20.0 Å². The van der Waals surface area contributed by atoms with Crippen molar-refractivity contribution in [1.29, 1.82) is 0 Å². The van der Waals surface area contributed by atoms with Crippen molar-refractivity contribution in [2.24, 2.45) is 15.3 Å². The predicted molar refractivity (Wildman–Crippen MR) is 267 cm³/mol. The zero-order valence-corrected chi connectivity index (χ0v) is 40.8. The van der Waals surface area contributed by atoms with Gasteiger partial charge < -0.3 is 9.80 Å². The number of fused-ring (bicyclic) bond motifs is 2. The number of hydrazone groups is 2. The van der Waals surface area contributed by atoms with Crippen LogP contribution in [0.4, 0.5) is 22.7 Å². The number of rotatable bonds is 13. The molecule has 67 heavy (non-hydrogen) atoms. The molecule has 0 fully saturated rings. The maximum absolute atomic E-state index is 13.9. The molecule has 348 valence electrons. The van der Waals surface area contributed by atoms with Crippen LogP contribution in [-0.4, -0.2) is 59.7 Å². The van der Waals surface area contributed by atoms with Crippen LogP contribution in [0.1, 0.15) is 72.4 Å². The number of para-hydroxylation sites is 2. The number of benzene rings is 4. The lowest BCUT2D eigenvalue weighted by Gasteiger charge is -2.30. The van der Waals surface area contributed by atoms with Gasteiger partial charge in [0.05, 0.1) is 48.8 Å². The molecule has 0 unspecified atom stereocenters. The van der Waals surface area contributed by atoms with Crippen molar-refractivity contribution in [2.45, 2.75) is 81.9 Å². The number of carbonyl (C=O) groups is 2. The molecule has 14 nitrogen and oxygen atoms in total. The van der Waals surface area contributed by atoms with Crippen LogP contribution in [-0.2, 0) is 40.5 Å². The average molecular weight is 962 g/mol. The third-order valence-electron chi connectivity index (χ3n) is 12.7. The summed E-state index contributed by atoms with van der Waals surface area (Å²) in [6, 6.07) is 26.6. The van der Waals surface area contributed by atoms with Crippen molar-refractivity contribution in [1.82, 2.24) is 4.72 Å². The molecule has 2 amide bonds. The number of primary sulfonamides is 1. The van der Waals surface area contributed by atoms with Gasteiger partial charge >= 0.3 is 0 Å². The second-order valence-corrected chi connectivity index (χ2v) is 21.6. The van der Waals surface area contributed by atoms with E-state index in [1.807, 2.05) is 49.4 Å². The number of hydrogen-bond donors (Lipinski definition) is 2. The van der Waals surface area contributed by atoms with Crippen molar-refractivity contribution in [3.05, 3.63) is 154 Å². The highest BCUT2D eigenvalue weighted by Crippen LogP contribution is 2.50. The van der Waals surface area contributed by atoms with Crippen LogP contribution >= 0.6 is 11.6 Å². The molecule has 4 aromatic carbocycles. The second-order valence-electron chi connectivity index (χ2n) is 17.9. The molecule has 8 rings (SSSR count). The lowest BCUT2D eigenvalue weighted by Crippen LogP contribution is -2.31. The molecular weight excluding hydrogens is 908 g/mol. The Labute approximate surface area is 397 Å². The van der Waals surface area contributed by atoms with Crippen molar-refractivity contribution in [3.8, 4) is 0 Å². The summed E-state index contributed by atoms with van der Waals surface area (Å²) in [6.45, 7) is 15.7. The molecule has 17 heteroatoms. The Kier molecular flexibility index (Phi) is 12.6. The summed E-state index contributed by atoms with van der Waals surface area (Å²) in [5, 5.41) is 17.0. The number of amides is 2. The SMILES string of the molecule is CCCNS(=O)(=O)c1ccc(N2N=C(C)/C(=C/C=C3/N(CCCN4/C(=C/C=C5\C(=O)N(c6cc(S(N)(=O)=O)ccc6Cl)N=C5C)C(C)(C)c5ccccc54)c4ccccc4C3(C)C)C2=O)cc1. The fourth-order valence-electron chi connectivity index (χ4n) is 9.15. The smallest absolute Gasteiger partial charge is 0.280 e. The Hall–Kier alpha value is -6.17. The number of sulfonamides is 2. The summed E-state index contributed by atoms with van der Waals surface area (Å²) in [6.07, 6.45) is 8.98. The molecule has 0 aliphatic carbocycles. The third kappa shape index (κ3) is 8.68. The van der Waals surface area contributed by atoms with E-state index in [-0.39, 0.29) is 26.4 Å². The number of anilines is 4. The minimum absolute atomic E-state index is 0.109. The first kappa shape index (κ1) is 47.3. The second kappa shape index (κ2) is 17.8. The highest BCUT2D eigenvalue weighted by atomic mass is 35.5. The van der Waals surface area contributed by atoms with Crippen LogP contribution in [0.25, 0.3) is 0 Å². The van der Waals surface area contributed by atoms with Crippen molar-refractivity contribution >= 4 is 77.6 Å². The van der Waals surface area contributed by atoms with E-state index in [1.54, 1.807) is 32.1 Å². The molecule has 4 aliphatic heterocycles. The monoisotopic (exact) mass is 960 g/mol. The van der Waals surface area contributed by atoms with E-state index < -0.39 is 36.8 Å². The Balaban J connectivity index is 1.06.